The van der Waals surface area contributed by atoms with E-state index in [1.54, 1.807) is 29.3 Å². The third-order valence-electron chi connectivity index (χ3n) is 3.95. The normalized spacial score (nSPS) is 11.7. The second-order valence-corrected chi connectivity index (χ2v) is 5.78. The van der Waals surface area contributed by atoms with E-state index in [4.69, 9.17) is 0 Å². The van der Waals surface area contributed by atoms with Gasteiger partial charge in [0.15, 0.2) is 0 Å². The molecular weight excluding hydrogens is 314 g/mol. The Bertz CT molecular complexity index is 801. The number of anilines is 1. The Morgan fingerprint density at radius 3 is 2.72 bits per heavy atom. The van der Waals surface area contributed by atoms with Crippen LogP contribution in [0, 0.1) is 0 Å². The Labute approximate surface area is 146 Å². The summed E-state index contributed by atoms with van der Waals surface area (Å²) in [5.74, 6) is 0.673. The second-order valence-electron chi connectivity index (χ2n) is 5.78. The number of amides is 2. The summed E-state index contributed by atoms with van der Waals surface area (Å²) in [6.45, 7) is 2.62. The third kappa shape index (κ3) is 4.67. The van der Waals surface area contributed by atoms with Gasteiger partial charge in [-0.2, -0.15) is 5.10 Å². The molecule has 0 radical (unpaired) electrons. The number of hydrogen-bond donors (Lipinski definition) is 2. The largest absolute Gasteiger partial charge is 0.331 e. The third-order valence-corrected chi connectivity index (χ3v) is 3.95. The molecule has 0 spiro atoms. The zero-order valence-electron chi connectivity index (χ0n) is 14.1. The molecule has 2 aromatic heterocycles. The van der Waals surface area contributed by atoms with E-state index in [9.17, 15) is 4.79 Å². The van der Waals surface area contributed by atoms with Crippen molar-refractivity contribution in [3.63, 3.8) is 0 Å². The van der Waals surface area contributed by atoms with Crippen LogP contribution < -0.4 is 10.6 Å². The minimum atomic E-state index is -0.266. The van der Waals surface area contributed by atoms with Gasteiger partial charge in [-0.25, -0.2) is 9.48 Å². The lowest BCUT2D eigenvalue weighted by atomic mass is 10.1. The summed E-state index contributed by atoms with van der Waals surface area (Å²) in [5.41, 5.74) is 2.19. The van der Waals surface area contributed by atoms with Gasteiger partial charge < -0.3 is 5.32 Å². The summed E-state index contributed by atoms with van der Waals surface area (Å²) in [4.78, 5) is 16.3. The average molecular weight is 335 g/mol. The second kappa shape index (κ2) is 8.10. The van der Waals surface area contributed by atoms with E-state index in [1.807, 2.05) is 37.3 Å². The maximum absolute atomic E-state index is 12.2. The van der Waals surface area contributed by atoms with Crippen molar-refractivity contribution in [2.24, 2.45) is 0 Å². The summed E-state index contributed by atoms with van der Waals surface area (Å²) >= 11 is 0. The van der Waals surface area contributed by atoms with Gasteiger partial charge in [0, 0.05) is 25.0 Å². The molecule has 0 saturated heterocycles. The molecule has 25 heavy (non-hydrogen) atoms. The Morgan fingerprint density at radius 2 is 1.96 bits per heavy atom. The summed E-state index contributed by atoms with van der Waals surface area (Å²) in [6, 6.07) is 15.4. The lowest BCUT2D eigenvalue weighted by Gasteiger charge is -2.15. The number of carbonyl (C=O) groups is 1. The van der Waals surface area contributed by atoms with Crippen molar-refractivity contribution >= 4 is 11.8 Å². The quantitative estimate of drug-likeness (QED) is 0.725. The Balaban J connectivity index is 1.56. The molecule has 2 heterocycles. The fraction of sp³-hybridized carbons (Fsp3) is 0.211. The van der Waals surface area contributed by atoms with E-state index in [-0.39, 0.29) is 12.1 Å². The van der Waals surface area contributed by atoms with Crippen molar-refractivity contribution in [1.29, 1.82) is 0 Å². The van der Waals surface area contributed by atoms with Gasteiger partial charge in [-0.3, -0.25) is 10.3 Å². The predicted octanol–water partition coefficient (Wildman–Crippen LogP) is 3.40. The first kappa shape index (κ1) is 16.7. The minimum absolute atomic E-state index is 0.130. The van der Waals surface area contributed by atoms with E-state index in [1.165, 1.54) is 5.56 Å². The average Bonchev–Trinajstić information content (AvgIpc) is 3.08. The molecule has 6 heteroatoms. The number of hydrogen-bond acceptors (Lipinski definition) is 3. The van der Waals surface area contributed by atoms with Crippen molar-refractivity contribution in [2.45, 2.75) is 25.9 Å². The molecule has 0 aliphatic heterocycles. The highest BCUT2D eigenvalue weighted by Crippen LogP contribution is 2.12. The number of aryl methyl sites for hydroxylation is 2. The van der Waals surface area contributed by atoms with Crippen LogP contribution in [0.4, 0.5) is 10.6 Å². The Hall–Kier alpha value is -3.15. The molecule has 0 bridgehead atoms. The molecule has 3 rings (SSSR count). The van der Waals surface area contributed by atoms with Crippen molar-refractivity contribution in [3.05, 3.63) is 78.2 Å². The molecule has 2 amide bonds. The SMILES string of the molecule is C[C@H](NC(=O)Nc1ccnn1CCc1ccccc1)c1cccnc1. The smallest absolute Gasteiger partial charge is 0.320 e. The van der Waals surface area contributed by atoms with Crippen molar-refractivity contribution in [1.82, 2.24) is 20.1 Å². The highest BCUT2D eigenvalue weighted by molar-refractivity contribution is 5.88. The molecule has 6 nitrogen and oxygen atoms in total. The topological polar surface area (TPSA) is 71.8 Å². The van der Waals surface area contributed by atoms with Crippen LogP contribution in [0.1, 0.15) is 24.1 Å². The molecule has 128 valence electrons. The molecule has 3 aromatic rings. The minimum Gasteiger partial charge on any atom is -0.331 e. The Kier molecular flexibility index (Phi) is 5.41. The molecule has 0 fully saturated rings. The van der Waals surface area contributed by atoms with Crippen LogP contribution in [0.2, 0.25) is 0 Å². The molecule has 0 unspecified atom stereocenters. The van der Waals surface area contributed by atoms with Gasteiger partial charge in [0.1, 0.15) is 5.82 Å². The summed E-state index contributed by atoms with van der Waals surface area (Å²) < 4.78 is 1.79. The maximum atomic E-state index is 12.2. The van der Waals surface area contributed by atoms with Crippen LogP contribution in [0.15, 0.2) is 67.1 Å². The van der Waals surface area contributed by atoms with Crippen molar-refractivity contribution in [2.75, 3.05) is 5.32 Å². The van der Waals surface area contributed by atoms with Crippen molar-refractivity contribution in [3.8, 4) is 0 Å². The first-order chi connectivity index (χ1) is 12.2. The van der Waals surface area contributed by atoms with Gasteiger partial charge in [0.25, 0.3) is 0 Å². The van der Waals surface area contributed by atoms with Crippen LogP contribution in [0.25, 0.3) is 0 Å². The summed E-state index contributed by atoms with van der Waals surface area (Å²) in [6.07, 6.45) is 5.99. The first-order valence-electron chi connectivity index (χ1n) is 8.25. The first-order valence-corrected chi connectivity index (χ1v) is 8.25. The Morgan fingerprint density at radius 1 is 1.12 bits per heavy atom. The van der Waals surface area contributed by atoms with Gasteiger partial charge >= 0.3 is 6.03 Å². The molecule has 0 aliphatic rings. The number of nitrogens with one attached hydrogen (secondary N) is 2. The van der Waals surface area contributed by atoms with Crippen LogP contribution in [-0.2, 0) is 13.0 Å². The standard InChI is InChI=1S/C19H21N5O/c1-15(17-8-5-11-20-14-17)22-19(25)23-18-9-12-21-24(18)13-10-16-6-3-2-4-7-16/h2-9,11-12,14-15H,10,13H2,1H3,(H2,22,23,25)/t15-/m0/s1. The number of carbonyl (C=O) groups excluding carboxylic acids is 1. The molecular formula is C19H21N5O. The monoisotopic (exact) mass is 335 g/mol. The lowest BCUT2D eigenvalue weighted by Crippen LogP contribution is -2.32. The van der Waals surface area contributed by atoms with Gasteiger partial charge in [-0.1, -0.05) is 36.4 Å². The predicted molar refractivity (Wildman–Crippen MR) is 97.2 cm³/mol. The number of pyridine rings is 1. The van der Waals surface area contributed by atoms with Crippen LogP contribution in [0.5, 0.6) is 0 Å². The summed E-state index contributed by atoms with van der Waals surface area (Å²) in [7, 11) is 0. The fourth-order valence-corrected chi connectivity index (χ4v) is 2.56. The zero-order chi connectivity index (χ0) is 17.5. The lowest BCUT2D eigenvalue weighted by molar-refractivity contribution is 0.249. The summed E-state index contributed by atoms with van der Waals surface area (Å²) in [5, 5.41) is 10.0. The number of urea groups is 1. The number of aromatic nitrogens is 3. The maximum Gasteiger partial charge on any atom is 0.320 e. The van der Waals surface area contributed by atoms with Gasteiger partial charge in [-0.05, 0) is 30.5 Å². The number of nitrogens with zero attached hydrogens (tertiary/aromatic N) is 3. The number of rotatable bonds is 6. The van der Waals surface area contributed by atoms with E-state index in [0.717, 1.165) is 12.0 Å². The van der Waals surface area contributed by atoms with E-state index >= 15 is 0 Å². The molecule has 2 N–H and O–H groups in total. The molecule has 1 aromatic carbocycles. The van der Waals surface area contributed by atoms with E-state index < -0.39 is 0 Å². The van der Waals surface area contributed by atoms with Crippen LogP contribution in [0.3, 0.4) is 0 Å². The van der Waals surface area contributed by atoms with E-state index in [2.05, 4.69) is 32.8 Å². The van der Waals surface area contributed by atoms with E-state index in [0.29, 0.717) is 12.4 Å². The molecule has 1 atom stereocenters. The fourth-order valence-electron chi connectivity index (χ4n) is 2.56. The zero-order valence-corrected chi connectivity index (χ0v) is 14.1. The van der Waals surface area contributed by atoms with Gasteiger partial charge in [0.05, 0.1) is 12.2 Å². The molecule has 0 saturated carbocycles. The number of benzene rings is 1. The highest BCUT2D eigenvalue weighted by Gasteiger charge is 2.11. The van der Waals surface area contributed by atoms with Gasteiger partial charge in [-0.15, -0.1) is 0 Å². The van der Waals surface area contributed by atoms with Gasteiger partial charge in [0.2, 0.25) is 0 Å². The highest BCUT2D eigenvalue weighted by atomic mass is 16.2. The molecule has 0 aliphatic carbocycles. The van der Waals surface area contributed by atoms with Crippen LogP contribution in [-0.4, -0.2) is 20.8 Å². The van der Waals surface area contributed by atoms with Crippen molar-refractivity contribution < 1.29 is 4.79 Å². The van der Waals surface area contributed by atoms with Crippen LogP contribution >= 0.6 is 0 Å².